The van der Waals surface area contributed by atoms with Crippen LogP contribution in [0.1, 0.15) is 12.8 Å². The van der Waals surface area contributed by atoms with Crippen LogP contribution in [0.25, 0.3) is 0 Å². The van der Waals surface area contributed by atoms with Crippen molar-refractivity contribution in [2.75, 3.05) is 0 Å². The maximum Gasteiger partial charge on any atom is 0.306 e. The number of esters is 1. The lowest BCUT2D eigenvalue weighted by Gasteiger charge is -2.20. The highest BCUT2D eigenvalue weighted by Gasteiger charge is 2.50. The Morgan fingerprint density at radius 1 is 1.67 bits per heavy atom. The van der Waals surface area contributed by atoms with Gasteiger partial charge in [-0.2, -0.15) is 0 Å². The summed E-state index contributed by atoms with van der Waals surface area (Å²) in [4.78, 5) is 22.0. The molecular weight excluding hydrogens is 233 g/mol. The van der Waals surface area contributed by atoms with Crippen molar-refractivity contribution in [2.24, 2.45) is 11.8 Å². The summed E-state index contributed by atoms with van der Waals surface area (Å²) in [5, 5.41) is 0. The highest BCUT2D eigenvalue weighted by atomic mass is 32.0. The fraction of sp³-hybridized carbons (Fsp3) is 0.750. The van der Waals surface area contributed by atoms with Gasteiger partial charge < -0.3 is 14.1 Å². The molecule has 1 heterocycles. The average molecular weight is 244 g/mol. The van der Waals surface area contributed by atoms with Gasteiger partial charge in [0, 0.05) is 18.3 Å². The minimum absolute atomic E-state index is 0.0139. The van der Waals surface area contributed by atoms with Gasteiger partial charge in [-0.25, -0.2) is 0 Å². The van der Waals surface area contributed by atoms with Gasteiger partial charge in [0.1, 0.15) is 12.4 Å². The quantitative estimate of drug-likeness (QED) is 0.319. The molecule has 1 aliphatic heterocycles. The summed E-state index contributed by atoms with van der Waals surface area (Å²) >= 11 is 0. The van der Waals surface area contributed by atoms with Gasteiger partial charge in [0.2, 0.25) is 0 Å². The van der Waals surface area contributed by atoms with Gasteiger partial charge in [-0.3, -0.25) is 4.79 Å². The van der Waals surface area contributed by atoms with Crippen molar-refractivity contribution >= 4 is 36.5 Å². The van der Waals surface area contributed by atoms with Gasteiger partial charge >= 0.3 is 5.97 Å². The van der Waals surface area contributed by atoms with Gasteiger partial charge in [-0.15, -0.1) is 0 Å². The zero-order valence-corrected chi connectivity index (χ0v) is 10.1. The Balaban J connectivity index is 2.06. The summed E-state index contributed by atoms with van der Waals surface area (Å²) < 4.78 is 10.6. The first-order chi connectivity index (χ1) is 7.11. The van der Waals surface area contributed by atoms with Gasteiger partial charge in [-0.05, 0) is 7.72 Å². The van der Waals surface area contributed by atoms with Crippen LogP contribution >= 0.6 is 16.6 Å². The summed E-state index contributed by atoms with van der Waals surface area (Å²) in [5.41, 5.74) is 0. The van der Waals surface area contributed by atoms with Crippen LogP contribution < -0.4 is 0 Å². The highest BCUT2D eigenvalue weighted by Crippen LogP contribution is 2.49. The Morgan fingerprint density at radius 3 is 3.00 bits per heavy atom. The van der Waals surface area contributed by atoms with E-state index in [-0.39, 0.29) is 30.0 Å². The van der Waals surface area contributed by atoms with E-state index in [4.69, 9.17) is 16.8 Å². The van der Waals surface area contributed by atoms with Crippen LogP contribution in [0.4, 0.5) is 0 Å². The molecule has 6 atom stereocenters. The average Bonchev–Trinajstić information content (AvgIpc) is 2.59. The van der Waals surface area contributed by atoms with Gasteiger partial charge in [0.25, 0.3) is 0 Å². The summed E-state index contributed by atoms with van der Waals surface area (Å²) in [5.74, 6) is -0.480. The third-order valence-electron chi connectivity index (χ3n) is 2.97. The largest absolute Gasteiger partial charge is 0.462 e. The lowest BCUT2D eigenvalue weighted by Crippen LogP contribution is -2.22. The molecule has 2 radical (unpaired) electrons. The van der Waals surface area contributed by atoms with Crippen LogP contribution in [0.2, 0.25) is 0 Å². The van der Waals surface area contributed by atoms with Crippen LogP contribution in [-0.2, 0) is 18.8 Å². The molecule has 1 saturated heterocycles. The number of carbonyl (C=O) groups is 2. The monoisotopic (exact) mass is 244 g/mol. The SMILES string of the molecule is [B]P(P)O[C@@H]1C[C@@H]2OC(=O)C[C@@H]2[C@H]1C=O. The van der Waals surface area contributed by atoms with E-state index in [2.05, 4.69) is 8.93 Å². The lowest BCUT2D eigenvalue weighted by atomic mass is 9.94. The van der Waals surface area contributed by atoms with Gasteiger partial charge in [0.15, 0.2) is 7.57 Å². The molecule has 1 saturated carbocycles. The van der Waals surface area contributed by atoms with E-state index in [1.54, 1.807) is 0 Å². The van der Waals surface area contributed by atoms with E-state index < -0.39 is 7.72 Å². The third kappa shape index (κ3) is 2.25. The molecule has 0 N–H and O–H groups in total. The molecule has 0 aromatic heterocycles. The van der Waals surface area contributed by atoms with Crippen molar-refractivity contribution in [3.8, 4) is 0 Å². The number of hydrogen-bond donors (Lipinski definition) is 0. The lowest BCUT2D eigenvalue weighted by molar-refractivity contribution is -0.141. The van der Waals surface area contributed by atoms with E-state index in [0.717, 1.165) is 6.29 Å². The van der Waals surface area contributed by atoms with E-state index in [1.807, 2.05) is 0 Å². The maximum absolute atomic E-state index is 11.0. The molecule has 15 heavy (non-hydrogen) atoms. The van der Waals surface area contributed by atoms with Crippen molar-refractivity contribution in [1.29, 1.82) is 0 Å². The third-order valence-corrected chi connectivity index (χ3v) is 3.84. The molecule has 2 rings (SSSR count). The van der Waals surface area contributed by atoms with Crippen LogP contribution in [0.15, 0.2) is 0 Å². The first kappa shape index (κ1) is 11.5. The fourth-order valence-electron chi connectivity index (χ4n) is 2.36. The number of aldehydes is 1. The van der Waals surface area contributed by atoms with E-state index in [9.17, 15) is 9.59 Å². The molecule has 4 nitrogen and oxygen atoms in total. The zero-order chi connectivity index (χ0) is 11.0. The van der Waals surface area contributed by atoms with Crippen molar-refractivity contribution in [3.05, 3.63) is 0 Å². The standard InChI is InChI=1S/C8H11BO4P2/c9-15(14)13-7-2-6-4(5(7)3-10)1-8(11)12-6/h3-7H,1-2,14H2/t4-,5-,6+,7-,15?/m1/s1. The Kier molecular flexibility index (Phi) is 3.44. The van der Waals surface area contributed by atoms with Gasteiger partial charge in [-0.1, -0.05) is 8.93 Å². The minimum Gasteiger partial charge on any atom is -0.462 e. The van der Waals surface area contributed by atoms with Crippen LogP contribution in [0.5, 0.6) is 0 Å². The van der Waals surface area contributed by atoms with E-state index in [1.165, 1.54) is 0 Å². The van der Waals surface area contributed by atoms with Crippen molar-refractivity contribution in [2.45, 2.75) is 25.0 Å². The molecule has 0 aromatic rings. The second-order valence-corrected chi connectivity index (χ2v) is 6.31. The smallest absolute Gasteiger partial charge is 0.306 e. The number of carbonyl (C=O) groups excluding carboxylic acids is 2. The predicted octanol–water partition coefficient (Wildman–Crippen LogP) is 0.793. The maximum atomic E-state index is 11.0. The van der Waals surface area contributed by atoms with Crippen molar-refractivity contribution in [3.63, 3.8) is 0 Å². The normalized spacial score (nSPS) is 41.0. The fourth-order valence-corrected chi connectivity index (χ4v) is 3.36. The van der Waals surface area contributed by atoms with Crippen molar-refractivity contribution < 1.29 is 18.8 Å². The molecule has 2 unspecified atom stereocenters. The summed E-state index contributed by atoms with van der Waals surface area (Å²) in [6.07, 6.45) is 1.43. The highest BCUT2D eigenvalue weighted by molar-refractivity contribution is 8.23. The Hall–Kier alpha value is 0.0249. The van der Waals surface area contributed by atoms with Crippen LogP contribution in [0.3, 0.4) is 0 Å². The van der Waals surface area contributed by atoms with Crippen LogP contribution in [-0.4, -0.2) is 32.0 Å². The first-order valence-corrected chi connectivity index (χ1v) is 7.67. The molecule has 2 aliphatic rings. The Bertz CT molecular complexity index is 286. The Labute approximate surface area is 92.8 Å². The molecule has 0 aromatic carbocycles. The molecule has 7 heteroatoms. The summed E-state index contributed by atoms with van der Waals surface area (Å²) in [6.45, 7) is 0. The first-order valence-electron chi connectivity index (χ1n) is 4.73. The van der Waals surface area contributed by atoms with Crippen molar-refractivity contribution in [1.82, 2.24) is 0 Å². The molecule has 80 valence electrons. The number of fused-ring (bicyclic) bond motifs is 1. The van der Waals surface area contributed by atoms with E-state index in [0.29, 0.717) is 12.8 Å². The second-order valence-electron chi connectivity index (χ2n) is 3.85. The molecule has 0 spiro atoms. The molecule has 1 aliphatic carbocycles. The number of hydrogen-bond acceptors (Lipinski definition) is 4. The topological polar surface area (TPSA) is 52.6 Å². The van der Waals surface area contributed by atoms with E-state index >= 15 is 0 Å². The van der Waals surface area contributed by atoms with Crippen LogP contribution in [0, 0.1) is 11.8 Å². The summed E-state index contributed by atoms with van der Waals surface area (Å²) in [6, 6.07) is 0. The minimum atomic E-state index is -1.06. The summed E-state index contributed by atoms with van der Waals surface area (Å²) in [7, 11) is 6.88. The van der Waals surface area contributed by atoms with Gasteiger partial charge in [0.05, 0.1) is 12.5 Å². The number of rotatable bonds is 3. The predicted molar refractivity (Wildman–Crippen MR) is 59.4 cm³/mol. The second kappa shape index (κ2) is 4.49. The zero-order valence-electron chi connectivity index (χ0n) is 8.04. The number of ether oxygens (including phenoxy) is 1. The molecule has 0 amide bonds. The molecule has 0 bridgehead atoms. The molecule has 2 fully saturated rings. The molecular formula is C8H11BO4P2. The Morgan fingerprint density at radius 2 is 2.40 bits per heavy atom.